The molecule has 5 heteroatoms. The maximum absolute atomic E-state index is 13.3. The van der Waals surface area contributed by atoms with Gasteiger partial charge in [0, 0.05) is 36.3 Å². The molecule has 27 heavy (non-hydrogen) atoms. The second kappa shape index (κ2) is 7.06. The van der Waals surface area contributed by atoms with E-state index >= 15 is 0 Å². The second-order valence-electron chi connectivity index (χ2n) is 7.00. The Morgan fingerprint density at radius 2 is 2.07 bits per heavy atom. The Kier molecular flexibility index (Phi) is 4.60. The topological polar surface area (TPSA) is 54.3 Å². The summed E-state index contributed by atoms with van der Waals surface area (Å²) >= 11 is 0. The lowest BCUT2D eigenvalue weighted by molar-refractivity contribution is 0.0964. The van der Waals surface area contributed by atoms with Crippen LogP contribution in [-0.4, -0.2) is 19.5 Å². The zero-order valence-electron chi connectivity index (χ0n) is 15.6. The van der Waals surface area contributed by atoms with E-state index < -0.39 is 0 Å². The average Bonchev–Trinajstić information content (AvgIpc) is 2.93. The van der Waals surface area contributed by atoms with E-state index in [4.69, 9.17) is 4.42 Å². The third-order valence-electron chi connectivity index (χ3n) is 5.40. The number of furan rings is 1. The van der Waals surface area contributed by atoms with E-state index in [1.165, 1.54) is 17.7 Å². The third-order valence-corrected chi connectivity index (χ3v) is 5.40. The molecule has 1 amide bonds. The fourth-order valence-electron chi connectivity index (χ4n) is 3.96. The maximum atomic E-state index is 13.3. The molecule has 2 N–H and O–H groups in total. The zero-order valence-corrected chi connectivity index (χ0v) is 15.6. The first-order chi connectivity index (χ1) is 13.1. The number of fused-ring (bicyclic) bond motifs is 2. The highest BCUT2D eigenvalue weighted by Crippen LogP contribution is 2.41. The molecule has 4 nitrogen and oxygen atoms in total. The Hall–Kier alpha value is -2.82. The normalized spacial score (nSPS) is 16.5. The summed E-state index contributed by atoms with van der Waals surface area (Å²) in [6.07, 6.45) is 3.30. The smallest absolute Gasteiger partial charge is 0.255 e. The van der Waals surface area contributed by atoms with Crippen molar-refractivity contribution in [3.63, 3.8) is 0 Å². The lowest BCUT2D eigenvalue weighted by Crippen LogP contribution is -2.18. The maximum Gasteiger partial charge on any atom is 0.255 e. The van der Waals surface area contributed by atoms with Gasteiger partial charge in [0.05, 0.1) is 5.56 Å². The molecular weight excluding hydrogens is 343 g/mol. The van der Waals surface area contributed by atoms with Gasteiger partial charge in [0.2, 0.25) is 0 Å². The molecule has 1 aliphatic heterocycles. The monoisotopic (exact) mass is 366 g/mol. The molecule has 0 aliphatic carbocycles. The molecule has 3 aromatic rings. The van der Waals surface area contributed by atoms with Crippen molar-refractivity contribution in [3.8, 4) is 11.3 Å². The van der Waals surface area contributed by atoms with Crippen molar-refractivity contribution < 1.29 is 13.6 Å². The van der Waals surface area contributed by atoms with Crippen molar-refractivity contribution in [1.82, 2.24) is 5.32 Å². The van der Waals surface area contributed by atoms with E-state index in [1.807, 2.05) is 6.07 Å². The van der Waals surface area contributed by atoms with Crippen LogP contribution in [0.25, 0.3) is 22.3 Å². The van der Waals surface area contributed by atoms with Crippen molar-refractivity contribution in [1.29, 1.82) is 0 Å². The van der Waals surface area contributed by atoms with Crippen LogP contribution < -0.4 is 10.6 Å². The lowest BCUT2D eigenvalue weighted by atomic mass is 9.90. The SMILES string of the molecule is CCC1CCCNc2cc3oc(-c4ccc(F)cc4)c(C(=O)NC)c3cc21. The number of amides is 1. The molecule has 0 fully saturated rings. The van der Waals surface area contributed by atoms with Gasteiger partial charge in [-0.1, -0.05) is 6.92 Å². The molecule has 1 unspecified atom stereocenters. The van der Waals surface area contributed by atoms with Crippen LogP contribution in [0.5, 0.6) is 0 Å². The van der Waals surface area contributed by atoms with Crippen LogP contribution >= 0.6 is 0 Å². The molecule has 0 radical (unpaired) electrons. The number of hydrogen-bond acceptors (Lipinski definition) is 3. The summed E-state index contributed by atoms with van der Waals surface area (Å²) in [5.41, 5.74) is 4.16. The number of nitrogens with one attached hydrogen (secondary N) is 2. The molecule has 0 spiro atoms. The van der Waals surface area contributed by atoms with Gasteiger partial charge in [0.1, 0.15) is 17.2 Å². The van der Waals surface area contributed by atoms with E-state index in [2.05, 4.69) is 23.6 Å². The predicted octanol–water partition coefficient (Wildman–Crippen LogP) is 5.30. The van der Waals surface area contributed by atoms with Crippen LogP contribution in [-0.2, 0) is 0 Å². The highest BCUT2D eigenvalue weighted by molar-refractivity contribution is 6.11. The minimum Gasteiger partial charge on any atom is -0.455 e. The van der Waals surface area contributed by atoms with Gasteiger partial charge in [0.15, 0.2) is 0 Å². The number of hydrogen-bond donors (Lipinski definition) is 2. The molecule has 0 saturated heterocycles. The molecular formula is C22H23FN2O2. The average molecular weight is 366 g/mol. The first-order valence-corrected chi connectivity index (χ1v) is 9.44. The predicted molar refractivity (Wildman–Crippen MR) is 106 cm³/mol. The van der Waals surface area contributed by atoms with Crippen molar-refractivity contribution in [2.75, 3.05) is 18.9 Å². The molecule has 4 rings (SSSR count). The van der Waals surface area contributed by atoms with Crippen LogP contribution in [0.1, 0.15) is 48.0 Å². The molecule has 0 saturated carbocycles. The summed E-state index contributed by atoms with van der Waals surface area (Å²) in [6, 6.07) is 10.1. The van der Waals surface area contributed by atoms with Gasteiger partial charge in [-0.15, -0.1) is 0 Å². The quantitative estimate of drug-likeness (QED) is 0.661. The molecule has 2 heterocycles. The van der Waals surface area contributed by atoms with E-state index in [9.17, 15) is 9.18 Å². The summed E-state index contributed by atoms with van der Waals surface area (Å²) in [5.74, 6) is 0.402. The number of anilines is 1. The minimum absolute atomic E-state index is 0.206. The van der Waals surface area contributed by atoms with E-state index in [-0.39, 0.29) is 11.7 Å². The molecule has 140 valence electrons. The van der Waals surface area contributed by atoms with Gasteiger partial charge in [-0.25, -0.2) is 4.39 Å². The lowest BCUT2D eigenvalue weighted by Gasteiger charge is -2.15. The molecule has 0 bridgehead atoms. The summed E-state index contributed by atoms with van der Waals surface area (Å²) in [5, 5.41) is 7.00. The number of carbonyl (C=O) groups is 1. The molecule has 1 aliphatic rings. The van der Waals surface area contributed by atoms with E-state index in [0.29, 0.717) is 28.4 Å². The van der Waals surface area contributed by atoms with Gasteiger partial charge < -0.3 is 15.1 Å². The molecule has 1 atom stereocenters. The van der Waals surface area contributed by atoms with E-state index in [0.717, 1.165) is 36.9 Å². The fraction of sp³-hybridized carbons (Fsp3) is 0.318. The van der Waals surface area contributed by atoms with Crippen LogP contribution in [0.2, 0.25) is 0 Å². The highest BCUT2D eigenvalue weighted by atomic mass is 19.1. The van der Waals surface area contributed by atoms with Gasteiger partial charge in [-0.05, 0) is 61.1 Å². The number of benzene rings is 2. The van der Waals surface area contributed by atoms with Crippen LogP contribution in [0, 0.1) is 5.82 Å². The summed E-state index contributed by atoms with van der Waals surface area (Å²) in [7, 11) is 1.61. The van der Waals surface area contributed by atoms with Crippen molar-refractivity contribution in [2.24, 2.45) is 0 Å². The minimum atomic E-state index is -0.321. The molecule has 1 aromatic heterocycles. The van der Waals surface area contributed by atoms with Gasteiger partial charge in [0.25, 0.3) is 5.91 Å². The zero-order chi connectivity index (χ0) is 19.0. The Labute approximate surface area is 157 Å². The summed E-state index contributed by atoms with van der Waals surface area (Å²) in [4.78, 5) is 12.7. The van der Waals surface area contributed by atoms with Crippen LogP contribution in [0.3, 0.4) is 0 Å². The van der Waals surface area contributed by atoms with Gasteiger partial charge in [-0.3, -0.25) is 4.79 Å². The summed E-state index contributed by atoms with van der Waals surface area (Å²) in [6.45, 7) is 3.13. The number of rotatable bonds is 3. The number of carbonyl (C=O) groups excluding carboxylic acids is 1. The fourth-order valence-corrected chi connectivity index (χ4v) is 3.96. The summed E-state index contributed by atoms with van der Waals surface area (Å²) < 4.78 is 19.4. The molecule has 2 aromatic carbocycles. The van der Waals surface area contributed by atoms with E-state index in [1.54, 1.807) is 19.2 Å². The van der Waals surface area contributed by atoms with Crippen molar-refractivity contribution >= 4 is 22.6 Å². The largest absolute Gasteiger partial charge is 0.455 e. The second-order valence-corrected chi connectivity index (χ2v) is 7.00. The van der Waals surface area contributed by atoms with Crippen molar-refractivity contribution in [3.05, 3.63) is 53.3 Å². The van der Waals surface area contributed by atoms with Crippen LogP contribution in [0.15, 0.2) is 40.8 Å². The van der Waals surface area contributed by atoms with Gasteiger partial charge >= 0.3 is 0 Å². The number of halogens is 1. The first kappa shape index (κ1) is 17.6. The Balaban J connectivity index is 1.97. The highest BCUT2D eigenvalue weighted by Gasteiger charge is 2.25. The van der Waals surface area contributed by atoms with Gasteiger partial charge in [-0.2, -0.15) is 0 Å². The Morgan fingerprint density at radius 1 is 1.30 bits per heavy atom. The van der Waals surface area contributed by atoms with Crippen LogP contribution in [0.4, 0.5) is 10.1 Å². The standard InChI is InChI=1S/C22H23FN2O2/c1-3-13-5-4-10-25-18-12-19-17(11-16(13)18)20(22(26)24-2)21(27-19)14-6-8-15(23)9-7-14/h6-9,11-13,25H,3-5,10H2,1-2H3,(H,24,26). The Morgan fingerprint density at radius 3 is 2.78 bits per heavy atom. The van der Waals surface area contributed by atoms with Crippen molar-refractivity contribution in [2.45, 2.75) is 32.1 Å². The third kappa shape index (κ3) is 3.07. The first-order valence-electron chi connectivity index (χ1n) is 9.44. The Bertz CT molecular complexity index is 992.